The number of nitrogens with zero attached hydrogens (tertiary/aromatic N) is 14. The Morgan fingerprint density at radius 1 is 0.487 bits per heavy atom. The highest BCUT2D eigenvalue weighted by Crippen LogP contribution is 2.35. The van der Waals surface area contributed by atoms with Gasteiger partial charge < -0.3 is 31.9 Å². The predicted molar refractivity (Wildman–Crippen MR) is 305 cm³/mol. The van der Waals surface area contributed by atoms with Crippen LogP contribution in [0.15, 0.2) is 76.3 Å². The number of aromatic nitrogens is 8. The molecule has 3 saturated heterocycles. The number of aliphatic imine (C=N–C) groups is 3. The van der Waals surface area contributed by atoms with E-state index in [2.05, 4.69) is 75.4 Å². The molecule has 6 aromatic rings. The SMILES string of the molecule is Cc1cccc(C2=NCc3nc(N4CCC(C)(N)CC4)cnc32)c1Cl.Cc1nccc(C2=NCc3nc(N4CCC(C)(CN)CC4)cnc32)c1Cl.Cc1nccc(C2=NCc3nc(N4CCC(C)(N)CC4)cnc32)c1Cl. The molecule has 396 valence electrons. The van der Waals surface area contributed by atoms with Crippen LogP contribution in [-0.2, 0) is 19.6 Å². The number of halogens is 3. The molecule has 6 N–H and O–H groups in total. The minimum absolute atomic E-state index is 0.0706. The fraction of sp³-hybridized carbons (Fsp3) is 0.446. The van der Waals surface area contributed by atoms with Crippen molar-refractivity contribution >= 4 is 69.4 Å². The molecular formula is C56H66Cl3N17. The number of hydrogen-bond donors (Lipinski definition) is 3. The van der Waals surface area contributed by atoms with Crippen LogP contribution in [-0.4, -0.2) is 114 Å². The molecular weight excluding hydrogens is 1020 g/mol. The summed E-state index contributed by atoms with van der Waals surface area (Å²) in [6.45, 7) is 20.2. The molecule has 3 fully saturated rings. The van der Waals surface area contributed by atoms with Gasteiger partial charge >= 0.3 is 0 Å². The second-order valence-electron chi connectivity index (χ2n) is 21.8. The van der Waals surface area contributed by atoms with Crippen LogP contribution in [0.5, 0.6) is 0 Å². The standard InChI is InChI=1S/C19H23ClN6.C19H22ClN5.C18H21ClN6/c1-12-16(20)13(3-6-22-12)17-18-14(9-23-17)25-15(10-24-18)26-7-4-19(2,11-21)5-8-26;1-12-4-3-5-13(16(12)20)17-18-14(10-22-17)24-15(11-23-18)25-8-6-19(2,21)7-9-25;1-11-15(19)12(3-6-21-11)16-17-13(9-22-16)24-14(10-23-17)25-7-4-18(2,20)5-8-25/h3,6,10H,4-5,7-9,11,21H2,1-2H3;3-5,11H,6-10,21H2,1-2H3;3,6,10H,4-5,7-9,20H2,1-2H3. The van der Waals surface area contributed by atoms with Crippen molar-refractivity contribution in [2.24, 2.45) is 37.6 Å². The van der Waals surface area contributed by atoms with Crippen LogP contribution >= 0.6 is 34.8 Å². The van der Waals surface area contributed by atoms with Gasteiger partial charge in [0.1, 0.15) is 34.5 Å². The first-order chi connectivity index (χ1) is 36.4. The summed E-state index contributed by atoms with van der Waals surface area (Å²) in [6, 6.07) is 9.75. The normalized spacial score (nSPS) is 18.8. The lowest BCUT2D eigenvalue weighted by atomic mass is 9.80. The molecule has 6 aliphatic rings. The van der Waals surface area contributed by atoms with Crippen molar-refractivity contribution in [3.05, 3.63) is 144 Å². The summed E-state index contributed by atoms with van der Waals surface area (Å²) >= 11 is 19.3. The Balaban J connectivity index is 0.000000130. The summed E-state index contributed by atoms with van der Waals surface area (Å²) in [5.74, 6) is 2.75. The number of anilines is 3. The van der Waals surface area contributed by atoms with Crippen LogP contribution in [0.25, 0.3) is 0 Å². The largest absolute Gasteiger partial charge is 0.355 e. The zero-order valence-corrected chi connectivity index (χ0v) is 46.5. The predicted octanol–water partition coefficient (Wildman–Crippen LogP) is 8.36. The Bertz CT molecular complexity index is 3110. The molecule has 5 aromatic heterocycles. The van der Waals surface area contributed by atoms with Gasteiger partial charge in [-0.1, -0.05) is 59.9 Å². The second kappa shape index (κ2) is 21.7. The Morgan fingerprint density at radius 2 is 0.842 bits per heavy atom. The van der Waals surface area contributed by atoms with E-state index in [4.69, 9.17) is 67.0 Å². The van der Waals surface area contributed by atoms with E-state index in [9.17, 15) is 0 Å². The third kappa shape index (κ3) is 11.2. The maximum Gasteiger partial charge on any atom is 0.147 e. The quantitative estimate of drug-likeness (QED) is 0.137. The summed E-state index contributed by atoms with van der Waals surface area (Å²) in [6.07, 6.45) is 15.0. The summed E-state index contributed by atoms with van der Waals surface area (Å²) < 4.78 is 0. The Kier molecular flexibility index (Phi) is 15.3. The first-order valence-corrected chi connectivity index (χ1v) is 27.3. The van der Waals surface area contributed by atoms with Crippen molar-refractivity contribution in [1.82, 2.24) is 39.9 Å². The molecule has 0 amide bonds. The third-order valence-electron chi connectivity index (χ3n) is 15.7. The number of pyridine rings is 2. The second-order valence-corrected chi connectivity index (χ2v) is 22.9. The molecule has 1 aromatic carbocycles. The van der Waals surface area contributed by atoms with E-state index in [0.717, 1.165) is 192 Å². The van der Waals surface area contributed by atoms with E-state index in [0.29, 0.717) is 29.7 Å². The van der Waals surface area contributed by atoms with E-state index in [1.165, 1.54) is 0 Å². The lowest BCUT2D eigenvalue weighted by Gasteiger charge is -2.39. The zero-order chi connectivity index (χ0) is 53.5. The van der Waals surface area contributed by atoms with Crippen molar-refractivity contribution < 1.29 is 0 Å². The van der Waals surface area contributed by atoms with E-state index in [1.807, 2.05) is 69.7 Å². The van der Waals surface area contributed by atoms with Crippen LogP contribution in [0, 0.1) is 26.2 Å². The van der Waals surface area contributed by atoms with Gasteiger partial charge in [-0.3, -0.25) is 24.9 Å². The Morgan fingerprint density at radius 3 is 1.21 bits per heavy atom. The fourth-order valence-electron chi connectivity index (χ4n) is 10.2. The summed E-state index contributed by atoms with van der Waals surface area (Å²) in [5.41, 5.74) is 31.4. The molecule has 76 heavy (non-hydrogen) atoms. The Labute approximate surface area is 460 Å². The molecule has 0 aliphatic carbocycles. The van der Waals surface area contributed by atoms with Gasteiger partial charge in [-0.25, -0.2) is 29.9 Å². The molecule has 11 heterocycles. The average molecular weight is 1080 g/mol. The third-order valence-corrected chi connectivity index (χ3v) is 17.1. The van der Waals surface area contributed by atoms with Crippen LogP contribution in [0.1, 0.15) is 127 Å². The van der Waals surface area contributed by atoms with Gasteiger partial charge in [-0.15, -0.1) is 0 Å². The summed E-state index contributed by atoms with van der Waals surface area (Å²) in [4.78, 5) is 57.6. The highest BCUT2D eigenvalue weighted by molar-refractivity contribution is 6.37. The summed E-state index contributed by atoms with van der Waals surface area (Å²) in [5, 5.41) is 1.98. The number of benzene rings is 1. The van der Waals surface area contributed by atoms with Crippen molar-refractivity contribution in [3.8, 4) is 0 Å². The maximum absolute atomic E-state index is 6.47. The lowest BCUT2D eigenvalue weighted by molar-refractivity contribution is 0.258. The molecule has 0 bridgehead atoms. The average Bonchev–Trinajstić information content (AvgIpc) is 4.17. The molecule has 17 nitrogen and oxygen atoms in total. The van der Waals surface area contributed by atoms with Gasteiger partial charge in [-0.2, -0.15) is 0 Å². The van der Waals surface area contributed by atoms with Gasteiger partial charge in [0.05, 0.1) is 98.9 Å². The minimum Gasteiger partial charge on any atom is -0.355 e. The van der Waals surface area contributed by atoms with Gasteiger partial charge in [-0.05, 0) is 103 Å². The molecule has 20 heteroatoms. The Hall–Kier alpha value is -6.08. The zero-order valence-electron chi connectivity index (χ0n) is 44.2. The van der Waals surface area contributed by atoms with Gasteiger partial charge in [0.15, 0.2) is 0 Å². The smallest absolute Gasteiger partial charge is 0.147 e. The van der Waals surface area contributed by atoms with Crippen molar-refractivity contribution in [2.45, 2.75) is 111 Å². The van der Waals surface area contributed by atoms with Crippen molar-refractivity contribution in [3.63, 3.8) is 0 Å². The van der Waals surface area contributed by atoms with Crippen LogP contribution < -0.4 is 31.9 Å². The monoisotopic (exact) mass is 1080 g/mol. The van der Waals surface area contributed by atoms with Crippen LogP contribution in [0.3, 0.4) is 0 Å². The molecule has 6 aliphatic heterocycles. The van der Waals surface area contributed by atoms with Crippen LogP contribution in [0.2, 0.25) is 15.1 Å². The number of nitrogens with two attached hydrogens (primary N) is 3. The van der Waals surface area contributed by atoms with E-state index >= 15 is 0 Å². The molecule has 0 spiro atoms. The molecule has 12 rings (SSSR count). The first kappa shape index (κ1) is 53.3. The van der Waals surface area contributed by atoms with Gasteiger partial charge in [0, 0.05) is 79.4 Å². The number of rotatable bonds is 7. The van der Waals surface area contributed by atoms with E-state index < -0.39 is 0 Å². The fourth-order valence-corrected chi connectivity index (χ4v) is 10.8. The van der Waals surface area contributed by atoms with Crippen LogP contribution in [0.4, 0.5) is 17.5 Å². The molecule has 0 saturated carbocycles. The highest BCUT2D eigenvalue weighted by Gasteiger charge is 2.33. The molecule has 0 radical (unpaired) electrons. The van der Waals surface area contributed by atoms with Gasteiger partial charge in [0.2, 0.25) is 0 Å². The van der Waals surface area contributed by atoms with Crippen molar-refractivity contribution in [2.75, 3.05) is 60.5 Å². The first-order valence-electron chi connectivity index (χ1n) is 26.1. The molecule has 0 unspecified atom stereocenters. The van der Waals surface area contributed by atoms with Gasteiger partial charge in [0.25, 0.3) is 0 Å². The van der Waals surface area contributed by atoms with E-state index in [-0.39, 0.29) is 16.5 Å². The van der Waals surface area contributed by atoms with Crippen molar-refractivity contribution in [1.29, 1.82) is 0 Å². The molecule has 0 atom stereocenters. The highest BCUT2D eigenvalue weighted by atomic mass is 35.5. The number of piperidine rings is 3. The number of fused-ring (bicyclic) bond motifs is 3. The number of hydrogen-bond acceptors (Lipinski definition) is 17. The maximum atomic E-state index is 6.47. The lowest BCUT2D eigenvalue weighted by Crippen LogP contribution is -2.48. The van der Waals surface area contributed by atoms with E-state index in [1.54, 1.807) is 12.4 Å². The minimum atomic E-state index is -0.0765. The number of aryl methyl sites for hydroxylation is 3. The summed E-state index contributed by atoms with van der Waals surface area (Å²) in [7, 11) is 0. The topological polar surface area (TPSA) is 228 Å².